The third-order valence-corrected chi connectivity index (χ3v) is 5.29. The Balaban J connectivity index is 1.46. The van der Waals surface area contributed by atoms with Crippen molar-refractivity contribution in [2.24, 2.45) is 0 Å². The minimum Gasteiger partial charge on any atom is -0.308 e. The van der Waals surface area contributed by atoms with Crippen molar-refractivity contribution >= 4 is 11.3 Å². The maximum absolute atomic E-state index is 4.46. The summed E-state index contributed by atoms with van der Waals surface area (Å²) >= 11 is 1.83. The Morgan fingerprint density at radius 1 is 1.35 bits per heavy atom. The van der Waals surface area contributed by atoms with Crippen LogP contribution in [0.3, 0.4) is 0 Å². The third kappa shape index (κ3) is 3.10. The Morgan fingerprint density at radius 3 is 2.90 bits per heavy atom. The topological polar surface area (TPSA) is 24.9 Å². The van der Waals surface area contributed by atoms with E-state index in [0.29, 0.717) is 6.04 Å². The van der Waals surface area contributed by atoms with Crippen molar-refractivity contribution < 1.29 is 0 Å². The largest absolute Gasteiger partial charge is 0.308 e. The summed E-state index contributed by atoms with van der Waals surface area (Å²) in [6.07, 6.45) is 5.62. The molecule has 0 saturated heterocycles. The highest BCUT2D eigenvalue weighted by Gasteiger charge is 2.29. The van der Waals surface area contributed by atoms with Gasteiger partial charge in [-0.1, -0.05) is 36.8 Å². The summed E-state index contributed by atoms with van der Waals surface area (Å²) in [4.78, 5) is 5.84. The molecule has 1 aliphatic rings. The predicted molar refractivity (Wildman–Crippen MR) is 85.3 cm³/mol. The standard InChI is InChI=1S/C17H22N2S/c1-3-16-10-19-17(20-16)11-18-15-8-14(9-15)13-6-4-5-12(2)7-13/h4-7,10,14-15,18H,3,8-9,11H2,1-2H3. The lowest BCUT2D eigenvalue weighted by molar-refractivity contribution is 0.289. The second-order valence-corrected chi connectivity index (χ2v) is 6.93. The molecule has 1 aromatic heterocycles. The van der Waals surface area contributed by atoms with Gasteiger partial charge in [0.15, 0.2) is 0 Å². The van der Waals surface area contributed by atoms with Crippen LogP contribution >= 0.6 is 11.3 Å². The fourth-order valence-electron chi connectivity index (χ4n) is 2.81. The van der Waals surface area contributed by atoms with E-state index in [2.05, 4.69) is 48.4 Å². The highest BCUT2D eigenvalue weighted by Crippen LogP contribution is 2.37. The van der Waals surface area contributed by atoms with E-state index >= 15 is 0 Å². The molecule has 0 spiro atoms. The zero-order valence-electron chi connectivity index (χ0n) is 12.2. The molecule has 1 heterocycles. The molecule has 3 rings (SSSR count). The number of aromatic nitrogens is 1. The van der Waals surface area contributed by atoms with Gasteiger partial charge in [0.05, 0.1) is 0 Å². The Kier molecular flexibility index (Phi) is 4.18. The molecule has 1 saturated carbocycles. The molecule has 3 heteroatoms. The second-order valence-electron chi connectivity index (χ2n) is 5.73. The van der Waals surface area contributed by atoms with Crippen molar-refractivity contribution in [2.75, 3.05) is 0 Å². The van der Waals surface area contributed by atoms with E-state index in [9.17, 15) is 0 Å². The van der Waals surface area contributed by atoms with Crippen molar-refractivity contribution in [3.05, 3.63) is 51.5 Å². The maximum Gasteiger partial charge on any atom is 0.107 e. The molecule has 1 N–H and O–H groups in total. The van der Waals surface area contributed by atoms with Gasteiger partial charge >= 0.3 is 0 Å². The molecule has 0 atom stereocenters. The first-order valence-electron chi connectivity index (χ1n) is 7.48. The number of rotatable bonds is 5. The summed E-state index contributed by atoms with van der Waals surface area (Å²) in [6, 6.07) is 9.60. The van der Waals surface area contributed by atoms with Crippen LogP contribution in [0, 0.1) is 6.92 Å². The molecule has 1 aromatic carbocycles. The molecule has 20 heavy (non-hydrogen) atoms. The van der Waals surface area contributed by atoms with Crippen molar-refractivity contribution in [3.8, 4) is 0 Å². The van der Waals surface area contributed by atoms with Gasteiger partial charge in [0.25, 0.3) is 0 Å². The van der Waals surface area contributed by atoms with Gasteiger partial charge in [-0.2, -0.15) is 0 Å². The average Bonchev–Trinajstić information content (AvgIpc) is 2.85. The van der Waals surface area contributed by atoms with Crippen molar-refractivity contribution in [1.29, 1.82) is 0 Å². The van der Waals surface area contributed by atoms with Crippen molar-refractivity contribution in [1.82, 2.24) is 10.3 Å². The van der Waals surface area contributed by atoms with Gasteiger partial charge in [0.2, 0.25) is 0 Å². The summed E-state index contributed by atoms with van der Waals surface area (Å²) in [5.74, 6) is 0.745. The molecule has 0 unspecified atom stereocenters. The summed E-state index contributed by atoms with van der Waals surface area (Å²) in [6.45, 7) is 5.28. The molecule has 0 amide bonds. The Bertz CT molecular complexity index is 570. The molecular formula is C17H22N2S. The number of benzene rings is 1. The molecule has 2 aromatic rings. The van der Waals surface area contributed by atoms with Gasteiger partial charge < -0.3 is 5.32 Å². The predicted octanol–water partition coefficient (Wildman–Crippen LogP) is 4.05. The highest BCUT2D eigenvalue weighted by molar-refractivity contribution is 7.11. The van der Waals surface area contributed by atoms with Gasteiger partial charge in [-0.25, -0.2) is 4.98 Å². The molecular weight excluding hydrogens is 264 g/mol. The summed E-state index contributed by atoms with van der Waals surface area (Å²) < 4.78 is 0. The van der Waals surface area contributed by atoms with Crippen LogP contribution in [0.15, 0.2) is 30.5 Å². The van der Waals surface area contributed by atoms with E-state index in [0.717, 1.165) is 18.9 Å². The Labute approximate surface area is 125 Å². The van der Waals surface area contributed by atoms with E-state index in [1.54, 1.807) is 0 Å². The van der Waals surface area contributed by atoms with Crippen LogP contribution in [-0.4, -0.2) is 11.0 Å². The number of thiazole rings is 1. The smallest absolute Gasteiger partial charge is 0.107 e. The number of hydrogen-bond donors (Lipinski definition) is 1. The fourth-order valence-corrected chi connectivity index (χ4v) is 3.62. The van der Waals surface area contributed by atoms with Crippen LogP contribution in [0.1, 0.15) is 46.7 Å². The Hall–Kier alpha value is -1.19. The van der Waals surface area contributed by atoms with Gasteiger partial charge in [-0.15, -0.1) is 11.3 Å². The van der Waals surface area contributed by atoms with E-state index in [1.165, 1.54) is 33.9 Å². The normalized spacial score (nSPS) is 21.7. The minimum absolute atomic E-state index is 0.662. The van der Waals surface area contributed by atoms with Crippen LogP contribution in [0.25, 0.3) is 0 Å². The van der Waals surface area contributed by atoms with E-state index < -0.39 is 0 Å². The van der Waals surface area contributed by atoms with Gasteiger partial charge in [0.1, 0.15) is 5.01 Å². The zero-order valence-corrected chi connectivity index (χ0v) is 13.0. The maximum atomic E-state index is 4.46. The van der Waals surface area contributed by atoms with E-state index in [-0.39, 0.29) is 0 Å². The van der Waals surface area contributed by atoms with Crippen LogP contribution in [0.5, 0.6) is 0 Å². The zero-order chi connectivity index (χ0) is 13.9. The monoisotopic (exact) mass is 286 g/mol. The summed E-state index contributed by atoms with van der Waals surface area (Å²) in [7, 11) is 0. The lowest BCUT2D eigenvalue weighted by Crippen LogP contribution is -2.39. The van der Waals surface area contributed by atoms with E-state index in [1.807, 2.05) is 17.5 Å². The molecule has 1 aliphatic carbocycles. The van der Waals surface area contributed by atoms with Gasteiger partial charge in [-0.3, -0.25) is 0 Å². The first-order chi connectivity index (χ1) is 9.74. The number of aryl methyl sites for hydroxylation is 2. The number of nitrogens with zero attached hydrogens (tertiary/aromatic N) is 1. The second kappa shape index (κ2) is 6.06. The third-order valence-electron chi connectivity index (χ3n) is 4.14. The minimum atomic E-state index is 0.662. The summed E-state index contributed by atoms with van der Waals surface area (Å²) in [5, 5.41) is 4.86. The molecule has 0 aliphatic heterocycles. The first kappa shape index (κ1) is 13.8. The van der Waals surface area contributed by atoms with Crippen LogP contribution < -0.4 is 5.32 Å². The van der Waals surface area contributed by atoms with Crippen LogP contribution in [-0.2, 0) is 13.0 Å². The molecule has 1 fully saturated rings. The van der Waals surface area contributed by atoms with Crippen LogP contribution in [0.4, 0.5) is 0 Å². The molecule has 0 radical (unpaired) electrons. The quantitative estimate of drug-likeness (QED) is 0.897. The number of nitrogens with one attached hydrogen (secondary N) is 1. The van der Waals surface area contributed by atoms with E-state index in [4.69, 9.17) is 0 Å². The van der Waals surface area contributed by atoms with Crippen molar-refractivity contribution in [3.63, 3.8) is 0 Å². The van der Waals surface area contributed by atoms with Gasteiger partial charge in [-0.05, 0) is 37.7 Å². The fraction of sp³-hybridized carbons (Fsp3) is 0.471. The number of hydrogen-bond acceptors (Lipinski definition) is 3. The SMILES string of the molecule is CCc1cnc(CNC2CC(c3cccc(C)c3)C2)s1. The first-order valence-corrected chi connectivity index (χ1v) is 8.29. The lowest BCUT2D eigenvalue weighted by Gasteiger charge is -2.36. The lowest BCUT2D eigenvalue weighted by atomic mass is 9.75. The van der Waals surface area contributed by atoms with Crippen LogP contribution in [0.2, 0.25) is 0 Å². The average molecular weight is 286 g/mol. The molecule has 106 valence electrons. The highest BCUT2D eigenvalue weighted by atomic mass is 32.1. The van der Waals surface area contributed by atoms with Crippen molar-refractivity contribution in [2.45, 2.75) is 51.6 Å². The summed E-state index contributed by atoms with van der Waals surface area (Å²) in [5.41, 5.74) is 2.87. The van der Waals surface area contributed by atoms with Gasteiger partial charge in [0, 0.05) is 23.7 Å². The molecule has 2 nitrogen and oxygen atoms in total. The molecule has 0 bridgehead atoms. The Morgan fingerprint density at radius 2 is 2.20 bits per heavy atom.